The lowest BCUT2D eigenvalue weighted by Gasteiger charge is -2.13. The Bertz CT molecular complexity index is 519. The van der Waals surface area contributed by atoms with Crippen LogP contribution in [0.2, 0.25) is 0 Å². The van der Waals surface area contributed by atoms with Crippen LogP contribution in [0, 0.1) is 0 Å². The van der Waals surface area contributed by atoms with E-state index >= 15 is 0 Å². The zero-order valence-corrected chi connectivity index (χ0v) is 11.8. The molecular formula is C15H18O5. The van der Waals surface area contributed by atoms with Crippen molar-refractivity contribution in [3.05, 3.63) is 41.5 Å². The van der Waals surface area contributed by atoms with Gasteiger partial charge in [0.05, 0.1) is 20.1 Å². The van der Waals surface area contributed by atoms with Gasteiger partial charge in [-0.25, -0.2) is 4.79 Å². The first-order valence-electron chi connectivity index (χ1n) is 6.13. The number of hydrogen-bond acceptors (Lipinski definition) is 4. The molecular weight excluding hydrogens is 260 g/mol. The van der Waals surface area contributed by atoms with Crippen LogP contribution in [0.3, 0.4) is 0 Å². The highest BCUT2D eigenvalue weighted by molar-refractivity contribution is 5.81. The Morgan fingerprint density at radius 2 is 2.05 bits per heavy atom. The summed E-state index contributed by atoms with van der Waals surface area (Å²) in [6.07, 6.45) is 3.38. The SMILES string of the molecule is COC(=O)C=CCc1cc(OC)ccc1C(C)C(=O)O. The number of allylic oxidation sites excluding steroid dienone is 1. The first-order chi connectivity index (χ1) is 9.49. The molecule has 20 heavy (non-hydrogen) atoms. The lowest BCUT2D eigenvalue weighted by molar-refractivity contribution is -0.138. The number of carboxylic acids is 1. The quantitative estimate of drug-likeness (QED) is 0.637. The summed E-state index contributed by atoms with van der Waals surface area (Å²) in [5.74, 6) is -1.32. The number of ether oxygens (including phenoxy) is 2. The Morgan fingerprint density at radius 1 is 1.35 bits per heavy atom. The van der Waals surface area contributed by atoms with Crippen LogP contribution in [-0.4, -0.2) is 31.3 Å². The van der Waals surface area contributed by atoms with Crippen molar-refractivity contribution < 1.29 is 24.2 Å². The second kappa shape index (κ2) is 7.33. The molecule has 1 unspecified atom stereocenters. The highest BCUT2D eigenvalue weighted by atomic mass is 16.5. The third kappa shape index (κ3) is 4.12. The molecule has 0 radical (unpaired) electrons. The van der Waals surface area contributed by atoms with Crippen molar-refractivity contribution in [2.24, 2.45) is 0 Å². The lowest BCUT2D eigenvalue weighted by atomic mass is 9.93. The molecule has 0 bridgehead atoms. The highest BCUT2D eigenvalue weighted by Gasteiger charge is 2.17. The minimum absolute atomic E-state index is 0.430. The molecule has 0 aliphatic heterocycles. The van der Waals surface area contributed by atoms with Gasteiger partial charge in [0, 0.05) is 6.08 Å². The van der Waals surface area contributed by atoms with E-state index in [9.17, 15) is 9.59 Å². The van der Waals surface area contributed by atoms with Crippen molar-refractivity contribution in [1.82, 2.24) is 0 Å². The fourth-order valence-electron chi connectivity index (χ4n) is 1.79. The second-order valence-corrected chi connectivity index (χ2v) is 4.25. The smallest absolute Gasteiger partial charge is 0.330 e. The van der Waals surface area contributed by atoms with Gasteiger partial charge in [-0.05, 0) is 36.6 Å². The van der Waals surface area contributed by atoms with E-state index in [1.54, 1.807) is 38.3 Å². The average Bonchev–Trinajstić information content (AvgIpc) is 2.45. The number of rotatable bonds is 6. The number of carbonyl (C=O) groups excluding carboxylic acids is 1. The third-order valence-electron chi connectivity index (χ3n) is 2.98. The number of carbonyl (C=O) groups is 2. The minimum Gasteiger partial charge on any atom is -0.497 e. The standard InChI is InChI=1S/C15H18O5/c1-10(15(17)18)13-8-7-12(19-2)9-11(13)5-4-6-14(16)20-3/h4,6-10H,5H2,1-3H3,(H,17,18). The van der Waals surface area contributed by atoms with E-state index in [1.165, 1.54) is 13.2 Å². The summed E-state index contributed by atoms with van der Waals surface area (Å²) in [6.45, 7) is 1.62. The van der Waals surface area contributed by atoms with Crippen LogP contribution >= 0.6 is 0 Å². The molecule has 0 aliphatic rings. The normalized spacial score (nSPS) is 12.2. The van der Waals surface area contributed by atoms with E-state index in [2.05, 4.69) is 4.74 Å². The predicted molar refractivity (Wildman–Crippen MR) is 73.9 cm³/mol. The molecule has 1 rings (SSSR count). The molecule has 0 fully saturated rings. The lowest BCUT2D eigenvalue weighted by Crippen LogP contribution is -2.10. The van der Waals surface area contributed by atoms with Gasteiger partial charge < -0.3 is 14.6 Å². The second-order valence-electron chi connectivity index (χ2n) is 4.25. The van der Waals surface area contributed by atoms with Crippen molar-refractivity contribution in [1.29, 1.82) is 0 Å². The highest BCUT2D eigenvalue weighted by Crippen LogP contribution is 2.25. The van der Waals surface area contributed by atoms with E-state index < -0.39 is 17.9 Å². The zero-order valence-electron chi connectivity index (χ0n) is 11.8. The van der Waals surface area contributed by atoms with Crippen molar-refractivity contribution in [2.75, 3.05) is 14.2 Å². The molecule has 0 heterocycles. The van der Waals surface area contributed by atoms with Crippen LogP contribution in [0.15, 0.2) is 30.4 Å². The van der Waals surface area contributed by atoms with Gasteiger partial charge in [-0.15, -0.1) is 0 Å². The molecule has 0 aromatic heterocycles. The van der Waals surface area contributed by atoms with Crippen LogP contribution in [0.1, 0.15) is 24.0 Å². The number of esters is 1. The Labute approximate surface area is 117 Å². The summed E-state index contributed by atoms with van der Waals surface area (Å²) < 4.78 is 9.64. The Hall–Kier alpha value is -2.30. The van der Waals surface area contributed by atoms with E-state index in [-0.39, 0.29) is 0 Å². The summed E-state index contributed by atoms with van der Waals surface area (Å²) in [5, 5.41) is 9.11. The molecule has 0 amide bonds. The van der Waals surface area contributed by atoms with E-state index in [0.717, 1.165) is 5.56 Å². The molecule has 1 aromatic rings. The maximum atomic E-state index is 11.1. The maximum Gasteiger partial charge on any atom is 0.330 e. The van der Waals surface area contributed by atoms with Gasteiger partial charge in [0.1, 0.15) is 5.75 Å². The van der Waals surface area contributed by atoms with Gasteiger partial charge in [0.15, 0.2) is 0 Å². The fourth-order valence-corrected chi connectivity index (χ4v) is 1.79. The van der Waals surface area contributed by atoms with Crippen LogP contribution in [0.5, 0.6) is 5.75 Å². The van der Waals surface area contributed by atoms with E-state index in [0.29, 0.717) is 17.7 Å². The summed E-state index contributed by atoms with van der Waals surface area (Å²) >= 11 is 0. The molecule has 1 atom stereocenters. The summed E-state index contributed by atoms with van der Waals surface area (Å²) in [6, 6.07) is 5.23. The molecule has 0 aliphatic carbocycles. The van der Waals surface area contributed by atoms with Gasteiger partial charge in [-0.3, -0.25) is 4.79 Å². The number of benzene rings is 1. The van der Waals surface area contributed by atoms with Gasteiger partial charge in [0.25, 0.3) is 0 Å². The van der Waals surface area contributed by atoms with Crippen LogP contribution in [0.25, 0.3) is 0 Å². The molecule has 1 aromatic carbocycles. The monoisotopic (exact) mass is 278 g/mol. The molecule has 0 saturated carbocycles. The Kier molecular flexibility index (Phi) is 5.77. The van der Waals surface area contributed by atoms with Gasteiger partial charge >= 0.3 is 11.9 Å². The third-order valence-corrected chi connectivity index (χ3v) is 2.98. The first kappa shape index (κ1) is 15.8. The molecule has 5 nitrogen and oxygen atoms in total. The van der Waals surface area contributed by atoms with Crippen LogP contribution in [-0.2, 0) is 20.7 Å². The fraction of sp³-hybridized carbons (Fsp3) is 0.333. The molecule has 0 saturated heterocycles. The zero-order chi connectivity index (χ0) is 15.1. The first-order valence-corrected chi connectivity index (χ1v) is 6.13. The Balaban J connectivity index is 3.03. The number of aliphatic carboxylic acids is 1. The number of hydrogen-bond donors (Lipinski definition) is 1. The van der Waals surface area contributed by atoms with Gasteiger partial charge in [0.2, 0.25) is 0 Å². The summed E-state index contributed by atoms with van der Waals surface area (Å²) in [7, 11) is 2.85. The van der Waals surface area contributed by atoms with Gasteiger partial charge in [-0.2, -0.15) is 0 Å². The number of carboxylic acid groups (broad SMARTS) is 1. The maximum absolute atomic E-state index is 11.1. The van der Waals surface area contributed by atoms with Crippen molar-refractivity contribution >= 4 is 11.9 Å². The van der Waals surface area contributed by atoms with Crippen molar-refractivity contribution in [3.8, 4) is 5.75 Å². The minimum atomic E-state index is -0.895. The van der Waals surface area contributed by atoms with Gasteiger partial charge in [-0.1, -0.05) is 12.1 Å². The van der Waals surface area contributed by atoms with E-state index in [1.807, 2.05) is 0 Å². The topological polar surface area (TPSA) is 72.8 Å². The number of methoxy groups -OCH3 is 2. The van der Waals surface area contributed by atoms with Crippen molar-refractivity contribution in [2.45, 2.75) is 19.3 Å². The van der Waals surface area contributed by atoms with Crippen LogP contribution in [0.4, 0.5) is 0 Å². The summed E-state index contributed by atoms with van der Waals surface area (Å²) in [4.78, 5) is 22.1. The molecule has 5 heteroatoms. The van der Waals surface area contributed by atoms with Crippen LogP contribution < -0.4 is 4.74 Å². The summed E-state index contributed by atoms with van der Waals surface area (Å²) in [5.41, 5.74) is 1.51. The molecule has 108 valence electrons. The average molecular weight is 278 g/mol. The Morgan fingerprint density at radius 3 is 2.60 bits per heavy atom. The predicted octanol–water partition coefficient (Wildman–Crippen LogP) is 2.15. The molecule has 1 N–H and O–H groups in total. The largest absolute Gasteiger partial charge is 0.497 e. The van der Waals surface area contributed by atoms with E-state index in [4.69, 9.17) is 9.84 Å². The molecule has 0 spiro atoms. The van der Waals surface area contributed by atoms with Crippen molar-refractivity contribution in [3.63, 3.8) is 0 Å².